The third kappa shape index (κ3) is 6.88. The SMILES string of the molecule is CCCCCc1cc2c(c(O)c1C(=O)NC1CCCCCC1)C=CC(C)(CCC=C(C)C)O2. The molecule has 0 saturated heterocycles. The number of carbonyl (C=O) groups excluding carboxylic acids is 1. The maximum absolute atomic E-state index is 13.4. The van der Waals surface area contributed by atoms with Gasteiger partial charge in [-0.05, 0) is 83.1 Å². The number of nitrogens with one attached hydrogen (secondary N) is 1. The Balaban J connectivity index is 1.88. The lowest BCUT2D eigenvalue weighted by Gasteiger charge is -2.32. The molecule has 0 radical (unpaired) electrons. The molecule has 182 valence electrons. The number of aryl methyl sites for hydroxylation is 1. The summed E-state index contributed by atoms with van der Waals surface area (Å²) in [6.45, 7) is 8.48. The molecule has 1 aliphatic heterocycles. The smallest absolute Gasteiger partial charge is 0.255 e. The Labute approximate surface area is 200 Å². The first-order chi connectivity index (χ1) is 15.8. The molecule has 2 N–H and O–H groups in total. The monoisotopic (exact) mass is 453 g/mol. The largest absolute Gasteiger partial charge is 0.506 e. The van der Waals surface area contributed by atoms with E-state index in [2.05, 4.69) is 39.1 Å². The van der Waals surface area contributed by atoms with Crippen molar-refractivity contribution in [2.45, 2.75) is 116 Å². The maximum atomic E-state index is 13.4. The van der Waals surface area contributed by atoms with E-state index in [0.29, 0.717) is 16.9 Å². The van der Waals surface area contributed by atoms with Gasteiger partial charge in [-0.1, -0.05) is 57.1 Å². The summed E-state index contributed by atoms with van der Waals surface area (Å²) in [5.74, 6) is 0.610. The number of benzene rings is 1. The van der Waals surface area contributed by atoms with Crippen LogP contribution in [-0.2, 0) is 6.42 Å². The van der Waals surface area contributed by atoms with Crippen molar-refractivity contribution < 1.29 is 14.6 Å². The summed E-state index contributed by atoms with van der Waals surface area (Å²) in [4.78, 5) is 13.4. The highest BCUT2D eigenvalue weighted by atomic mass is 16.5. The standard InChI is InChI=1S/C29H43NO3/c1-5-6-9-14-22-20-25-24(17-19-29(4,33-25)18-12-13-21(2)3)27(31)26(22)28(32)30-23-15-10-7-8-11-16-23/h13,17,19-20,23,31H,5-12,14-16,18H2,1-4H3,(H,30,32). The van der Waals surface area contributed by atoms with Crippen molar-refractivity contribution in [3.05, 3.63) is 40.5 Å². The van der Waals surface area contributed by atoms with Crippen LogP contribution in [0.5, 0.6) is 11.5 Å². The van der Waals surface area contributed by atoms with Gasteiger partial charge in [0.05, 0.1) is 11.1 Å². The molecule has 3 rings (SSSR count). The van der Waals surface area contributed by atoms with E-state index < -0.39 is 5.60 Å². The topological polar surface area (TPSA) is 58.6 Å². The number of rotatable bonds is 9. The lowest BCUT2D eigenvalue weighted by atomic mass is 9.90. The molecule has 1 atom stereocenters. The second-order valence-corrected chi connectivity index (χ2v) is 10.4. The third-order valence-electron chi connectivity index (χ3n) is 6.99. The highest BCUT2D eigenvalue weighted by Crippen LogP contribution is 2.42. The molecule has 4 heteroatoms. The molecule has 1 aliphatic carbocycles. The second kappa shape index (κ2) is 11.8. The number of aromatic hydroxyl groups is 1. The highest BCUT2D eigenvalue weighted by Gasteiger charge is 2.31. The Hall–Kier alpha value is -2.23. The zero-order valence-electron chi connectivity index (χ0n) is 21.1. The Bertz CT molecular complexity index is 873. The molecule has 0 aromatic heterocycles. The number of carbonyl (C=O) groups is 1. The predicted octanol–water partition coefficient (Wildman–Crippen LogP) is 7.49. The van der Waals surface area contributed by atoms with Gasteiger partial charge < -0.3 is 15.2 Å². The molecule has 0 spiro atoms. The Morgan fingerprint density at radius 1 is 1.21 bits per heavy atom. The van der Waals surface area contributed by atoms with Crippen LogP contribution in [0.2, 0.25) is 0 Å². The van der Waals surface area contributed by atoms with E-state index in [0.717, 1.165) is 69.8 Å². The maximum Gasteiger partial charge on any atom is 0.255 e. The zero-order chi connectivity index (χ0) is 23.8. The van der Waals surface area contributed by atoms with Crippen molar-refractivity contribution in [3.8, 4) is 11.5 Å². The fourth-order valence-electron chi connectivity index (χ4n) is 4.98. The Kier molecular flexibility index (Phi) is 9.05. The molecule has 0 bridgehead atoms. The van der Waals surface area contributed by atoms with Crippen molar-refractivity contribution in [2.24, 2.45) is 0 Å². The quantitative estimate of drug-likeness (QED) is 0.231. The van der Waals surface area contributed by atoms with Crippen molar-refractivity contribution in [1.82, 2.24) is 5.32 Å². The number of phenolic OH excluding ortho intramolecular Hbond substituents is 1. The van der Waals surface area contributed by atoms with E-state index in [1.807, 2.05) is 18.2 Å². The molecular formula is C29H43NO3. The second-order valence-electron chi connectivity index (χ2n) is 10.4. The van der Waals surface area contributed by atoms with Crippen LogP contribution in [0.25, 0.3) is 6.08 Å². The molecule has 1 amide bonds. The minimum absolute atomic E-state index is 0.0627. The first-order valence-corrected chi connectivity index (χ1v) is 13.0. The third-order valence-corrected chi connectivity index (χ3v) is 6.99. The van der Waals surface area contributed by atoms with Crippen LogP contribution >= 0.6 is 0 Å². The fraction of sp³-hybridized carbons (Fsp3) is 0.621. The number of amides is 1. The highest BCUT2D eigenvalue weighted by molar-refractivity contribution is 6.00. The number of unbranched alkanes of at least 4 members (excludes halogenated alkanes) is 2. The van der Waals surface area contributed by atoms with Gasteiger partial charge in [-0.15, -0.1) is 0 Å². The van der Waals surface area contributed by atoms with Gasteiger partial charge in [-0.2, -0.15) is 0 Å². The van der Waals surface area contributed by atoms with E-state index in [-0.39, 0.29) is 17.7 Å². The molecule has 33 heavy (non-hydrogen) atoms. The molecule has 1 heterocycles. The van der Waals surface area contributed by atoms with Gasteiger partial charge in [-0.3, -0.25) is 4.79 Å². The summed E-state index contributed by atoms with van der Waals surface area (Å²) in [5, 5.41) is 14.5. The van der Waals surface area contributed by atoms with Gasteiger partial charge in [-0.25, -0.2) is 0 Å². The van der Waals surface area contributed by atoms with Crippen molar-refractivity contribution >= 4 is 12.0 Å². The molecule has 1 aromatic carbocycles. The number of fused-ring (bicyclic) bond motifs is 1. The molecule has 1 aromatic rings. The lowest BCUT2D eigenvalue weighted by Crippen LogP contribution is -2.35. The van der Waals surface area contributed by atoms with Gasteiger partial charge in [0.25, 0.3) is 5.91 Å². The Morgan fingerprint density at radius 3 is 2.61 bits per heavy atom. The average molecular weight is 454 g/mol. The minimum atomic E-state index is -0.420. The summed E-state index contributed by atoms with van der Waals surface area (Å²) in [6.07, 6.45) is 18.8. The summed E-state index contributed by atoms with van der Waals surface area (Å²) in [6, 6.07) is 2.21. The normalized spacial score (nSPS) is 20.5. The zero-order valence-corrected chi connectivity index (χ0v) is 21.1. The van der Waals surface area contributed by atoms with Gasteiger partial charge in [0, 0.05) is 6.04 Å². The number of ether oxygens (including phenoxy) is 1. The van der Waals surface area contributed by atoms with Crippen LogP contribution in [-0.4, -0.2) is 22.7 Å². The molecule has 4 nitrogen and oxygen atoms in total. The predicted molar refractivity (Wildman–Crippen MR) is 137 cm³/mol. The van der Waals surface area contributed by atoms with Crippen LogP contribution < -0.4 is 10.1 Å². The first-order valence-electron chi connectivity index (χ1n) is 13.0. The van der Waals surface area contributed by atoms with E-state index in [1.54, 1.807) is 0 Å². The molecule has 1 fully saturated rings. The van der Waals surface area contributed by atoms with E-state index in [4.69, 9.17) is 4.74 Å². The van der Waals surface area contributed by atoms with Gasteiger partial charge >= 0.3 is 0 Å². The van der Waals surface area contributed by atoms with Gasteiger partial charge in [0.1, 0.15) is 17.1 Å². The van der Waals surface area contributed by atoms with Crippen molar-refractivity contribution in [1.29, 1.82) is 0 Å². The van der Waals surface area contributed by atoms with Gasteiger partial charge in [0.15, 0.2) is 0 Å². The lowest BCUT2D eigenvalue weighted by molar-refractivity contribution is 0.0929. The van der Waals surface area contributed by atoms with Crippen LogP contribution in [0.1, 0.15) is 120 Å². The van der Waals surface area contributed by atoms with E-state index in [1.165, 1.54) is 18.4 Å². The Morgan fingerprint density at radius 2 is 1.94 bits per heavy atom. The molecule has 1 unspecified atom stereocenters. The molecular weight excluding hydrogens is 410 g/mol. The average Bonchev–Trinajstić information content (AvgIpc) is 3.02. The van der Waals surface area contributed by atoms with E-state index >= 15 is 0 Å². The van der Waals surface area contributed by atoms with Crippen LogP contribution in [0, 0.1) is 0 Å². The van der Waals surface area contributed by atoms with Crippen LogP contribution in [0.15, 0.2) is 23.8 Å². The number of allylic oxidation sites excluding steroid dienone is 2. The fourth-order valence-corrected chi connectivity index (χ4v) is 4.98. The van der Waals surface area contributed by atoms with Gasteiger partial charge in [0.2, 0.25) is 0 Å². The summed E-state index contributed by atoms with van der Waals surface area (Å²) in [7, 11) is 0. The van der Waals surface area contributed by atoms with E-state index in [9.17, 15) is 9.90 Å². The number of hydrogen-bond acceptors (Lipinski definition) is 3. The first kappa shape index (κ1) is 25.4. The molecule has 1 saturated carbocycles. The summed E-state index contributed by atoms with van der Waals surface area (Å²) >= 11 is 0. The van der Waals surface area contributed by atoms with Crippen LogP contribution in [0.3, 0.4) is 0 Å². The molecule has 2 aliphatic rings. The van der Waals surface area contributed by atoms with Crippen molar-refractivity contribution in [2.75, 3.05) is 0 Å². The number of hydrogen-bond donors (Lipinski definition) is 2. The minimum Gasteiger partial charge on any atom is -0.506 e. The number of phenols is 1. The summed E-state index contributed by atoms with van der Waals surface area (Å²) in [5.41, 5.74) is 2.85. The van der Waals surface area contributed by atoms with Crippen LogP contribution in [0.4, 0.5) is 0 Å². The van der Waals surface area contributed by atoms with Crippen molar-refractivity contribution in [3.63, 3.8) is 0 Å². The summed E-state index contributed by atoms with van der Waals surface area (Å²) < 4.78 is 6.42.